The topological polar surface area (TPSA) is 45.4 Å². The fourth-order valence-corrected chi connectivity index (χ4v) is 1.79. The Balaban J connectivity index is 2.00. The maximum absolute atomic E-state index is 9.66. The zero-order chi connectivity index (χ0) is 12.3. The number of hydrogen-bond acceptors (Lipinski definition) is 3. The molecule has 1 heterocycles. The molecule has 2 aromatic rings. The van der Waals surface area contributed by atoms with Crippen molar-refractivity contribution < 1.29 is 9.52 Å². The summed E-state index contributed by atoms with van der Waals surface area (Å²) < 4.78 is 5.29. The van der Waals surface area contributed by atoms with Crippen molar-refractivity contribution >= 4 is 11.6 Å². The summed E-state index contributed by atoms with van der Waals surface area (Å²) in [5, 5.41) is 13.5. The van der Waals surface area contributed by atoms with Gasteiger partial charge in [-0.3, -0.25) is 0 Å². The van der Waals surface area contributed by atoms with Gasteiger partial charge in [0.2, 0.25) is 0 Å². The first kappa shape index (κ1) is 12.0. The van der Waals surface area contributed by atoms with Gasteiger partial charge >= 0.3 is 0 Å². The highest BCUT2D eigenvalue weighted by molar-refractivity contribution is 6.30. The molecule has 2 N–H and O–H groups in total. The molecule has 0 spiro atoms. The largest absolute Gasteiger partial charge is 0.508 e. The third-order valence-corrected chi connectivity index (χ3v) is 2.85. The molecule has 1 unspecified atom stereocenters. The Kier molecular flexibility index (Phi) is 3.71. The number of hydrogen-bond donors (Lipinski definition) is 2. The first-order valence-electron chi connectivity index (χ1n) is 5.41. The van der Waals surface area contributed by atoms with Crippen LogP contribution in [0.5, 0.6) is 5.75 Å². The van der Waals surface area contributed by atoms with Gasteiger partial charge in [0.15, 0.2) is 0 Å². The molecule has 0 aliphatic heterocycles. The molecule has 0 saturated carbocycles. The number of nitrogens with one attached hydrogen (secondary N) is 1. The SMILES string of the molecule is CC(NCc1cc(Cl)ccc1O)c1ccco1. The van der Waals surface area contributed by atoms with Crippen molar-refractivity contribution in [3.05, 3.63) is 52.9 Å². The van der Waals surface area contributed by atoms with Crippen molar-refractivity contribution in [2.45, 2.75) is 19.5 Å². The van der Waals surface area contributed by atoms with Crippen molar-refractivity contribution in [2.75, 3.05) is 0 Å². The molecule has 4 heteroatoms. The third kappa shape index (κ3) is 3.02. The molecular weight excluding hydrogens is 238 g/mol. The second-order valence-corrected chi connectivity index (χ2v) is 4.33. The van der Waals surface area contributed by atoms with E-state index in [4.69, 9.17) is 16.0 Å². The van der Waals surface area contributed by atoms with E-state index in [9.17, 15) is 5.11 Å². The standard InChI is InChI=1S/C13H14ClNO2/c1-9(13-3-2-6-17-13)15-8-10-7-11(14)4-5-12(10)16/h2-7,9,15-16H,8H2,1H3. The van der Waals surface area contributed by atoms with Crippen molar-refractivity contribution in [3.63, 3.8) is 0 Å². The van der Waals surface area contributed by atoms with Gasteiger partial charge in [0, 0.05) is 17.1 Å². The fraction of sp³-hybridized carbons (Fsp3) is 0.231. The first-order chi connectivity index (χ1) is 8.16. The molecule has 1 aromatic carbocycles. The van der Waals surface area contributed by atoms with E-state index in [1.807, 2.05) is 19.1 Å². The number of rotatable bonds is 4. The number of furan rings is 1. The van der Waals surface area contributed by atoms with Crippen molar-refractivity contribution in [3.8, 4) is 5.75 Å². The van der Waals surface area contributed by atoms with E-state index < -0.39 is 0 Å². The van der Waals surface area contributed by atoms with Crippen LogP contribution in [-0.4, -0.2) is 5.11 Å². The predicted molar refractivity (Wildman–Crippen MR) is 67.1 cm³/mol. The molecule has 0 aliphatic carbocycles. The van der Waals surface area contributed by atoms with Crippen LogP contribution >= 0.6 is 11.6 Å². The van der Waals surface area contributed by atoms with E-state index in [-0.39, 0.29) is 11.8 Å². The van der Waals surface area contributed by atoms with E-state index >= 15 is 0 Å². The minimum absolute atomic E-state index is 0.0865. The van der Waals surface area contributed by atoms with E-state index in [1.54, 1.807) is 24.5 Å². The molecule has 0 amide bonds. The summed E-state index contributed by atoms with van der Waals surface area (Å²) in [4.78, 5) is 0. The predicted octanol–water partition coefficient (Wildman–Crippen LogP) is 3.49. The van der Waals surface area contributed by atoms with Gasteiger partial charge < -0.3 is 14.8 Å². The van der Waals surface area contributed by atoms with Crippen LogP contribution in [-0.2, 0) is 6.54 Å². The molecule has 0 fully saturated rings. The summed E-state index contributed by atoms with van der Waals surface area (Å²) in [6.07, 6.45) is 1.64. The van der Waals surface area contributed by atoms with Gasteiger partial charge in [0.25, 0.3) is 0 Å². The molecule has 17 heavy (non-hydrogen) atoms. The monoisotopic (exact) mass is 251 g/mol. The Labute approximate surface area is 105 Å². The Hall–Kier alpha value is -1.45. The van der Waals surface area contributed by atoms with E-state index in [0.717, 1.165) is 11.3 Å². The average Bonchev–Trinajstić information content (AvgIpc) is 2.83. The maximum Gasteiger partial charge on any atom is 0.120 e. The summed E-state index contributed by atoms with van der Waals surface area (Å²) in [6.45, 7) is 2.54. The molecule has 2 rings (SSSR count). The lowest BCUT2D eigenvalue weighted by atomic mass is 10.2. The lowest BCUT2D eigenvalue weighted by Gasteiger charge is -2.12. The Morgan fingerprint density at radius 1 is 1.41 bits per heavy atom. The van der Waals surface area contributed by atoms with Crippen LogP contribution in [0.15, 0.2) is 41.0 Å². The highest BCUT2D eigenvalue weighted by atomic mass is 35.5. The summed E-state index contributed by atoms with van der Waals surface area (Å²) in [5.74, 6) is 1.11. The Bertz CT molecular complexity index is 482. The molecule has 0 bridgehead atoms. The second-order valence-electron chi connectivity index (χ2n) is 3.89. The minimum atomic E-state index is 0.0865. The molecule has 0 saturated heterocycles. The highest BCUT2D eigenvalue weighted by Gasteiger charge is 2.09. The number of benzene rings is 1. The summed E-state index contributed by atoms with van der Waals surface area (Å²) in [7, 11) is 0. The molecular formula is C13H14ClNO2. The summed E-state index contributed by atoms with van der Waals surface area (Å²) in [5.41, 5.74) is 0.774. The molecule has 1 atom stereocenters. The minimum Gasteiger partial charge on any atom is -0.508 e. The summed E-state index contributed by atoms with van der Waals surface area (Å²) >= 11 is 5.87. The van der Waals surface area contributed by atoms with Gasteiger partial charge in [0.1, 0.15) is 11.5 Å². The van der Waals surface area contributed by atoms with Crippen LogP contribution in [0, 0.1) is 0 Å². The van der Waals surface area contributed by atoms with Crippen molar-refractivity contribution in [2.24, 2.45) is 0 Å². The van der Waals surface area contributed by atoms with Crippen molar-refractivity contribution in [1.82, 2.24) is 5.32 Å². The van der Waals surface area contributed by atoms with Crippen LogP contribution in [0.3, 0.4) is 0 Å². The quantitative estimate of drug-likeness (QED) is 0.874. The molecule has 0 aliphatic rings. The van der Waals surface area contributed by atoms with Crippen molar-refractivity contribution in [1.29, 1.82) is 0 Å². The van der Waals surface area contributed by atoms with Crippen LogP contribution in [0.4, 0.5) is 0 Å². The number of aromatic hydroxyl groups is 1. The van der Waals surface area contributed by atoms with Gasteiger partial charge in [-0.05, 0) is 37.3 Å². The van der Waals surface area contributed by atoms with E-state index in [1.165, 1.54) is 0 Å². The number of halogens is 1. The third-order valence-electron chi connectivity index (χ3n) is 2.61. The van der Waals surface area contributed by atoms with Crippen LogP contribution in [0.1, 0.15) is 24.3 Å². The fourth-order valence-electron chi connectivity index (χ4n) is 1.60. The Morgan fingerprint density at radius 3 is 2.94 bits per heavy atom. The van der Waals surface area contributed by atoms with Gasteiger partial charge in [-0.25, -0.2) is 0 Å². The maximum atomic E-state index is 9.66. The Morgan fingerprint density at radius 2 is 2.24 bits per heavy atom. The van der Waals surface area contributed by atoms with Crippen LogP contribution < -0.4 is 5.32 Å². The first-order valence-corrected chi connectivity index (χ1v) is 5.79. The highest BCUT2D eigenvalue weighted by Crippen LogP contribution is 2.22. The number of phenols is 1. The van der Waals surface area contributed by atoms with Gasteiger partial charge in [0.05, 0.1) is 12.3 Å². The molecule has 1 aromatic heterocycles. The zero-order valence-electron chi connectivity index (χ0n) is 9.48. The molecule has 3 nitrogen and oxygen atoms in total. The van der Waals surface area contributed by atoms with E-state index in [2.05, 4.69) is 5.32 Å². The lowest BCUT2D eigenvalue weighted by molar-refractivity contribution is 0.422. The van der Waals surface area contributed by atoms with Gasteiger partial charge in [-0.1, -0.05) is 11.6 Å². The smallest absolute Gasteiger partial charge is 0.120 e. The normalized spacial score (nSPS) is 12.6. The molecule has 90 valence electrons. The lowest BCUT2D eigenvalue weighted by Crippen LogP contribution is -2.17. The van der Waals surface area contributed by atoms with Gasteiger partial charge in [-0.2, -0.15) is 0 Å². The van der Waals surface area contributed by atoms with E-state index in [0.29, 0.717) is 11.6 Å². The van der Waals surface area contributed by atoms with Gasteiger partial charge in [-0.15, -0.1) is 0 Å². The van der Waals surface area contributed by atoms with Crippen LogP contribution in [0.25, 0.3) is 0 Å². The summed E-state index contributed by atoms with van der Waals surface area (Å²) in [6, 6.07) is 8.86. The number of phenolic OH excluding ortho intramolecular Hbond substituents is 1. The second kappa shape index (κ2) is 5.25. The average molecular weight is 252 g/mol. The van der Waals surface area contributed by atoms with Crippen LogP contribution in [0.2, 0.25) is 5.02 Å². The molecule has 0 radical (unpaired) electrons. The zero-order valence-corrected chi connectivity index (χ0v) is 10.2.